The smallest absolute Gasteiger partial charge is 0.257 e. The number of amides is 1. The number of carbonyl (C=O) groups is 1. The Morgan fingerprint density at radius 2 is 2.10 bits per heavy atom. The van der Waals surface area contributed by atoms with Gasteiger partial charge in [0.25, 0.3) is 5.91 Å². The maximum atomic E-state index is 12.5. The van der Waals surface area contributed by atoms with Gasteiger partial charge in [-0.25, -0.2) is 0 Å². The average Bonchev–Trinajstić information content (AvgIpc) is 3.12. The highest BCUT2D eigenvalue weighted by atomic mass is 16.3. The van der Waals surface area contributed by atoms with Crippen LogP contribution >= 0.6 is 0 Å². The Morgan fingerprint density at radius 1 is 1.43 bits per heavy atom. The second-order valence-corrected chi connectivity index (χ2v) is 5.24. The van der Waals surface area contributed by atoms with E-state index in [1.165, 1.54) is 0 Å². The first-order valence-corrected chi connectivity index (χ1v) is 7.15. The van der Waals surface area contributed by atoms with E-state index in [0.717, 1.165) is 6.42 Å². The lowest BCUT2D eigenvalue weighted by atomic mass is 9.99. The lowest BCUT2D eigenvalue weighted by Gasteiger charge is -2.22. The van der Waals surface area contributed by atoms with E-state index in [-0.39, 0.29) is 24.5 Å². The molecule has 2 heterocycles. The molecule has 0 aromatic carbocycles. The summed E-state index contributed by atoms with van der Waals surface area (Å²) < 4.78 is 3.51. The molecule has 0 aliphatic carbocycles. The van der Waals surface area contributed by atoms with Crippen molar-refractivity contribution in [3.63, 3.8) is 0 Å². The molecule has 114 valence electrons. The lowest BCUT2D eigenvalue weighted by molar-refractivity contribution is 0.0891. The van der Waals surface area contributed by atoms with E-state index in [1.807, 2.05) is 42.9 Å². The van der Waals surface area contributed by atoms with Crippen molar-refractivity contribution in [1.29, 1.82) is 0 Å². The van der Waals surface area contributed by atoms with Crippen molar-refractivity contribution in [3.05, 3.63) is 36.3 Å². The first-order valence-electron chi connectivity index (χ1n) is 7.15. The third-order valence-corrected chi connectivity index (χ3v) is 3.85. The van der Waals surface area contributed by atoms with Crippen LogP contribution in [0.3, 0.4) is 0 Å². The third-order valence-electron chi connectivity index (χ3n) is 3.85. The monoisotopic (exact) mass is 290 g/mol. The Labute approximate surface area is 124 Å². The highest BCUT2D eigenvalue weighted by molar-refractivity contribution is 5.97. The predicted octanol–water partition coefficient (Wildman–Crippen LogP) is 1.35. The van der Waals surface area contributed by atoms with Crippen LogP contribution in [0.4, 0.5) is 0 Å². The fourth-order valence-electron chi connectivity index (χ4n) is 2.27. The molecule has 1 amide bonds. The molecule has 0 unspecified atom stereocenters. The van der Waals surface area contributed by atoms with Crippen LogP contribution in [0, 0.1) is 5.92 Å². The minimum atomic E-state index is -0.250. The summed E-state index contributed by atoms with van der Waals surface area (Å²) in [6.07, 6.45) is 6.18. The topological polar surface area (TPSA) is 72.1 Å². The molecule has 2 rings (SSSR count). The number of aliphatic hydroxyl groups is 1. The van der Waals surface area contributed by atoms with Crippen molar-refractivity contribution in [2.75, 3.05) is 6.61 Å². The minimum Gasteiger partial charge on any atom is -0.394 e. The fraction of sp³-hybridized carbons (Fsp3) is 0.467. The molecule has 6 heteroatoms. The van der Waals surface area contributed by atoms with Gasteiger partial charge in [0.05, 0.1) is 18.8 Å². The minimum absolute atomic E-state index is 0.0696. The standard InChI is InChI=1S/C15H22N4O2/c1-4-11(2)13(10-20)17-14(21)12-9-16-18(3)15(12)19-7-5-6-8-19/h5-9,11,13,20H,4,10H2,1-3H3,(H,17,21)/t11-,13-/m0/s1. The van der Waals surface area contributed by atoms with E-state index in [1.54, 1.807) is 17.9 Å². The molecular formula is C15H22N4O2. The maximum Gasteiger partial charge on any atom is 0.257 e. The summed E-state index contributed by atoms with van der Waals surface area (Å²) in [6, 6.07) is 3.54. The Morgan fingerprint density at radius 3 is 2.67 bits per heavy atom. The predicted molar refractivity (Wildman–Crippen MR) is 80.3 cm³/mol. The molecule has 0 fully saturated rings. The molecule has 21 heavy (non-hydrogen) atoms. The summed E-state index contributed by atoms with van der Waals surface area (Å²) in [5.41, 5.74) is 0.496. The molecule has 0 saturated heterocycles. The summed E-state index contributed by atoms with van der Waals surface area (Å²) in [7, 11) is 1.80. The van der Waals surface area contributed by atoms with Gasteiger partial charge in [-0.3, -0.25) is 9.48 Å². The van der Waals surface area contributed by atoms with Crippen molar-refractivity contribution >= 4 is 5.91 Å². The Balaban J connectivity index is 2.24. The number of hydrogen-bond acceptors (Lipinski definition) is 3. The molecule has 0 aliphatic rings. The van der Waals surface area contributed by atoms with Gasteiger partial charge in [0, 0.05) is 19.4 Å². The zero-order valence-corrected chi connectivity index (χ0v) is 12.7. The summed E-state index contributed by atoms with van der Waals surface area (Å²) in [5.74, 6) is 0.704. The average molecular weight is 290 g/mol. The van der Waals surface area contributed by atoms with Gasteiger partial charge < -0.3 is 15.0 Å². The first kappa shape index (κ1) is 15.3. The van der Waals surface area contributed by atoms with Crippen LogP contribution in [0.1, 0.15) is 30.6 Å². The lowest BCUT2D eigenvalue weighted by Crippen LogP contribution is -2.42. The van der Waals surface area contributed by atoms with Gasteiger partial charge in [0.2, 0.25) is 0 Å². The van der Waals surface area contributed by atoms with Crippen molar-refractivity contribution in [1.82, 2.24) is 19.7 Å². The van der Waals surface area contributed by atoms with Crippen molar-refractivity contribution < 1.29 is 9.90 Å². The first-order chi connectivity index (χ1) is 10.1. The van der Waals surface area contributed by atoms with Gasteiger partial charge in [-0.1, -0.05) is 20.3 Å². The Hall–Kier alpha value is -2.08. The second kappa shape index (κ2) is 6.58. The van der Waals surface area contributed by atoms with E-state index >= 15 is 0 Å². The van der Waals surface area contributed by atoms with Crippen LogP contribution in [0.2, 0.25) is 0 Å². The van der Waals surface area contributed by atoms with E-state index in [2.05, 4.69) is 10.4 Å². The third kappa shape index (κ3) is 3.16. The van der Waals surface area contributed by atoms with Crippen LogP contribution in [0.25, 0.3) is 5.82 Å². The molecular weight excluding hydrogens is 268 g/mol. The number of aromatic nitrogens is 3. The normalized spacial score (nSPS) is 13.9. The molecule has 0 bridgehead atoms. The van der Waals surface area contributed by atoms with Crippen molar-refractivity contribution in [2.24, 2.45) is 13.0 Å². The van der Waals surface area contributed by atoms with E-state index in [4.69, 9.17) is 0 Å². The highest BCUT2D eigenvalue weighted by Crippen LogP contribution is 2.15. The summed E-state index contributed by atoms with van der Waals surface area (Å²) in [4.78, 5) is 12.5. The van der Waals surface area contributed by atoms with Crippen LogP contribution < -0.4 is 5.32 Å². The molecule has 2 aromatic heterocycles. The number of rotatable bonds is 6. The molecule has 0 aliphatic heterocycles. The molecule has 6 nitrogen and oxygen atoms in total. The van der Waals surface area contributed by atoms with Crippen LogP contribution in [0.5, 0.6) is 0 Å². The second-order valence-electron chi connectivity index (χ2n) is 5.24. The zero-order chi connectivity index (χ0) is 15.4. The van der Waals surface area contributed by atoms with E-state index in [0.29, 0.717) is 11.4 Å². The van der Waals surface area contributed by atoms with Gasteiger partial charge in [-0.2, -0.15) is 5.10 Å². The summed E-state index contributed by atoms with van der Waals surface area (Å²) >= 11 is 0. The number of nitrogens with zero attached hydrogens (tertiary/aromatic N) is 3. The highest BCUT2D eigenvalue weighted by Gasteiger charge is 2.22. The quantitative estimate of drug-likeness (QED) is 0.843. The van der Waals surface area contributed by atoms with Crippen molar-refractivity contribution in [2.45, 2.75) is 26.3 Å². The number of hydrogen-bond donors (Lipinski definition) is 2. The number of aryl methyl sites for hydroxylation is 1. The number of nitrogens with one attached hydrogen (secondary N) is 1. The van der Waals surface area contributed by atoms with Gasteiger partial charge in [-0.15, -0.1) is 0 Å². The van der Waals surface area contributed by atoms with Gasteiger partial charge >= 0.3 is 0 Å². The molecule has 2 atom stereocenters. The van der Waals surface area contributed by atoms with E-state index in [9.17, 15) is 9.90 Å². The molecule has 0 spiro atoms. The largest absolute Gasteiger partial charge is 0.394 e. The SMILES string of the molecule is CC[C@H](C)[C@H](CO)NC(=O)c1cnn(C)c1-n1cccc1. The number of aliphatic hydroxyl groups excluding tert-OH is 1. The molecule has 2 N–H and O–H groups in total. The summed E-state index contributed by atoms with van der Waals surface area (Å²) in [6.45, 7) is 3.98. The maximum absolute atomic E-state index is 12.5. The van der Waals surface area contributed by atoms with Crippen LogP contribution in [0.15, 0.2) is 30.7 Å². The Bertz CT molecular complexity index is 589. The molecule has 0 radical (unpaired) electrons. The van der Waals surface area contributed by atoms with Crippen LogP contribution in [-0.4, -0.2) is 38.0 Å². The Kier molecular flexibility index (Phi) is 4.80. The molecule has 0 saturated carbocycles. The number of carbonyl (C=O) groups excluding carboxylic acids is 1. The van der Waals surface area contributed by atoms with Gasteiger partial charge in [0.15, 0.2) is 0 Å². The van der Waals surface area contributed by atoms with E-state index < -0.39 is 0 Å². The summed E-state index contributed by atoms with van der Waals surface area (Å²) in [5, 5.41) is 16.5. The molecule has 2 aromatic rings. The zero-order valence-electron chi connectivity index (χ0n) is 12.7. The van der Waals surface area contributed by atoms with Crippen LogP contribution in [-0.2, 0) is 7.05 Å². The van der Waals surface area contributed by atoms with Gasteiger partial charge in [0.1, 0.15) is 11.4 Å². The van der Waals surface area contributed by atoms with Crippen molar-refractivity contribution in [3.8, 4) is 5.82 Å². The van der Waals surface area contributed by atoms with Gasteiger partial charge in [-0.05, 0) is 18.1 Å². The fourth-order valence-corrected chi connectivity index (χ4v) is 2.27.